The SMILES string of the molecule is CCOc1ccc(CN2CC[C@]3(CCCNC3)C2)cc1OC. The first kappa shape index (κ1) is 15.6. The van der Waals surface area contributed by atoms with Crippen LogP contribution < -0.4 is 14.8 Å². The van der Waals surface area contributed by atoms with Crippen LogP contribution in [0.1, 0.15) is 31.7 Å². The summed E-state index contributed by atoms with van der Waals surface area (Å²) in [4.78, 5) is 2.59. The smallest absolute Gasteiger partial charge is 0.161 e. The zero-order chi connectivity index (χ0) is 15.4. The van der Waals surface area contributed by atoms with E-state index < -0.39 is 0 Å². The van der Waals surface area contributed by atoms with Gasteiger partial charge in [-0.2, -0.15) is 0 Å². The Morgan fingerprint density at radius 1 is 1.27 bits per heavy atom. The minimum atomic E-state index is 0.521. The summed E-state index contributed by atoms with van der Waals surface area (Å²) in [5, 5.41) is 3.58. The first-order valence-electron chi connectivity index (χ1n) is 8.47. The van der Waals surface area contributed by atoms with E-state index in [0.29, 0.717) is 12.0 Å². The summed E-state index contributed by atoms with van der Waals surface area (Å²) in [6.45, 7) is 8.47. The van der Waals surface area contributed by atoms with Crippen molar-refractivity contribution >= 4 is 0 Å². The van der Waals surface area contributed by atoms with Gasteiger partial charge < -0.3 is 14.8 Å². The molecule has 4 heteroatoms. The third-order valence-electron chi connectivity index (χ3n) is 5.01. The fourth-order valence-electron chi connectivity index (χ4n) is 3.88. The molecular weight excluding hydrogens is 276 g/mol. The highest BCUT2D eigenvalue weighted by molar-refractivity contribution is 5.43. The minimum Gasteiger partial charge on any atom is -0.493 e. The van der Waals surface area contributed by atoms with Gasteiger partial charge in [-0.25, -0.2) is 0 Å². The molecule has 22 heavy (non-hydrogen) atoms. The molecule has 1 aromatic carbocycles. The van der Waals surface area contributed by atoms with Gasteiger partial charge in [0.2, 0.25) is 0 Å². The molecule has 1 atom stereocenters. The van der Waals surface area contributed by atoms with Crippen molar-refractivity contribution in [2.24, 2.45) is 5.41 Å². The molecule has 0 unspecified atom stereocenters. The summed E-state index contributed by atoms with van der Waals surface area (Å²) in [5.74, 6) is 1.68. The van der Waals surface area contributed by atoms with Gasteiger partial charge >= 0.3 is 0 Å². The lowest BCUT2D eigenvalue weighted by Gasteiger charge is -2.34. The number of nitrogens with zero attached hydrogens (tertiary/aromatic N) is 1. The van der Waals surface area contributed by atoms with Crippen molar-refractivity contribution in [3.63, 3.8) is 0 Å². The van der Waals surface area contributed by atoms with Crippen molar-refractivity contribution in [3.8, 4) is 11.5 Å². The summed E-state index contributed by atoms with van der Waals surface area (Å²) in [6, 6.07) is 6.32. The van der Waals surface area contributed by atoms with E-state index >= 15 is 0 Å². The van der Waals surface area contributed by atoms with Crippen LogP contribution in [0, 0.1) is 5.41 Å². The minimum absolute atomic E-state index is 0.521. The monoisotopic (exact) mass is 304 g/mol. The summed E-state index contributed by atoms with van der Waals surface area (Å²) in [5.41, 5.74) is 1.83. The first-order valence-corrected chi connectivity index (χ1v) is 8.47. The number of benzene rings is 1. The molecule has 2 saturated heterocycles. The second kappa shape index (κ2) is 6.88. The molecule has 0 bridgehead atoms. The number of nitrogens with one attached hydrogen (secondary N) is 1. The molecule has 1 aromatic rings. The molecule has 0 amide bonds. The molecule has 0 radical (unpaired) electrons. The van der Waals surface area contributed by atoms with Gasteiger partial charge in [0.25, 0.3) is 0 Å². The predicted molar refractivity (Wildman–Crippen MR) is 88.6 cm³/mol. The fraction of sp³-hybridized carbons (Fsp3) is 0.667. The molecular formula is C18H28N2O2. The van der Waals surface area contributed by atoms with Crippen LogP contribution in [0.4, 0.5) is 0 Å². The molecule has 2 aliphatic heterocycles. The van der Waals surface area contributed by atoms with Crippen LogP contribution in [0.25, 0.3) is 0 Å². The summed E-state index contributed by atoms with van der Waals surface area (Å²) in [7, 11) is 1.71. The lowest BCUT2D eigenvalue weighted by atomic mass is 9.80. The standard InChI is InChI=1S/C18H28N2O2/c1-3-22-16-6-5-15(11-17(16)21-2)12-20-10-8-18(14-20)7-4-9-19-13-18/h5-6,11,19H,3-4,7-10,12-14H2,1-2H3/t18-/m0/s1. The highest BCUT2D eigenvalue weighted by Gasteiger charge is 2.38. The largest absolute Gasteiger partial charge is 0.493 e. The molecule has 0 saturated carbocycles. The Morgan fingerprint density at radius 3 is 2.91 bits per heavy atom. The van der Waals surface area contributed by atoms with Crippen LogP contribution in [0.2, 0.25) is 0 Å². The van der Waals surface area contributed by atoms with Gasteiger partial charge in [-0.1, -0.05) is 6.07 Å². The summed E-state index contributed by atoms with van der Waals surface area (Å²) < 4.78 is 11.1. The third-order valence-corrected chi connectivity index (χ3v) is 5.01. The lowest BCUT2D eigenvalue weighted by Crippen LogP contribution is -2.41. The molecule has 1 spiro atoms. The normalized spacial score (nSPS) is 25.5. The van der Waals surface area contributed by atoms with Crippen molar-refractivity contribution in [1.29, 1.82) is 0 Å². The average molecular weight is 304 g/mol. The van der Waals surface area contributed by atoms with Crippen LogP contribution in [0.15, 0.2) is 18.2 Å². The van der Waals surface area contributed by atoms with E-state index in [0.717, 1.165) is 18.0 Å². The van der Waals surface area contributed by atoms with E-state index in [4.69, 9.17) is 9.47 Å². The molecule has 122 valence electrons. The van der Waals surface area contributed by atoms with Crippen LogP contribution >= 0.6 is 0 Å². The van der Waals surface area contributed by atoms with Gasteiger partial charge in [0.1, 0.15) is 0 Å². The maximum atomic E-state index is 5.60. The van der Waals surface area contributed by atoms with E-state index in [1.54, 1.807) is 7.11 Å². The Kier molecular flexibility index (Phi) is 4.89. The molecule has 4 nitrogen and oxygen atoms in total. The quantitative estimate of drug-likeness (QED) is 0.907. The van der Waals surface area contributed by atoms with Crippen molar-refractivity contribution in [1.82, 2.24) is 10.2 Å². The summed E-state index contributed by atoms with van der Waals surface area (Å²) in [6.07, 6.45) is 4.03. The predicted octanol–water partition coefficient (Wildman–Crippen LogP) is 2.67. The lowest BCUT2D eigenvalue weighted by molar-refractivity contribution is 0.199. The van der Waals surface area contributed by atoms with Crippen molar-refractivity contribution in [2.45, 2.75) is 32.7 Å². The van der Waals surface area contributed by atoms with Gasteiger partial charge in [-0.05, 0) is 62.4 Å². The van der Waals surface area contributed by atoms with Crippen LogP contribution in [-0.2, 0) is 6.54 Å². The van der Waals surface area contributed by atoms with Gasteiger partial charge in [0, 0.05) is 19.6 Å². The average Bonchev–Trinajstić information content (AvgIpc) is 2.92. The van der Waals surface area contributed by atoms with Crippen molar-refractivity contribution in [3.05, 3.63) is 23.8 Å². The van der Waals surface area contributed by atoms with Gasteiger partial charge in [0.15, 0.2) is 11.5 Å². The fourth-order valence-corrected chi connectivity index (χ4v) is 3.88. The molecule has 2 heterocycles. The highest BCUT2D eigenvalue weighted by atomic mass is 16.5. The molecule has 2 aliphatic rings. The van der Waals surface area contributed by atoms with Crippen LogP contribution in [0.3, 0.4) is 0 Å². The number of methoxy groups -OCH3 is 1. The van der Waals surface area contributed by atoms with Crippen molar-refractivity contribution < 1.29 is 9.47 Å². The molecule has 0 aromatic heterocycles. The highest BCUT2D eigenvalue weighted by Crippen LogP contribution is 2.37. The Hall–Kier alpha value is -1.26. The Labute approximate surface area is 133 Å². The maximum Gasteiger partial charge on any atom is 0.161 e. The Balaban J connectivity index is 1.64. The zero-order valence-corrected chi connectivity index (χ0v) is 13.9. The van der Waals surface area contributed by atoms with E-state index in [-0.39, 0.29) is 0 Å². The number of ether oxygens (including phenoxy) is 2. The molecule has 0 aliphatic carbocycles. The Morgan fingerprint density at radius 2 is 2.18 bits per heavy atom. The van der Waals surface area contributed by atoms with Gasteiger partial charge in [-0.3, -0.25) is 4.90 Å². The third kappa shape index (κ3) is 3.39. The van der Waals surface area contributed by atoms with Crippen LogP contribution in [0.5, 0.6) is 11.5 Å². The maximum absolute atomic E-state index is 5.60. The van der Waals surface area contributed by atoms with Gasteiger partial charge in [0.05, 0.1) is 13.7 Å². The zero-order valence-electron chi connectivity index (χ0n) is 13.9. The van der Waals surface area contributed by atoms with E-state index in [1.165, 1.54) is 51.0 Å². The topological polar surface area (TPSA) is 33.7 Å². The summed E-state index contributed by atoms with van der Waals surface area (Å²) >= 11 is 0. The van der Waals surface area contributed by atoms with Crippen molar-refractivity contribution in [2.75, 3.05) is 39.9 Å². The second-order valence-corrected chi connectivity index (χ2v) is 6.66. The van der Waals surface area contributed by atoms with E-state index in [2.05, 4.69) is 22.3 Å². The van der Waals surface area contributed by atoms with Gasteiger partial charge in [-0.15, -0.1) is 0 Å². The first-order chi connectivity index (χ1) is 10.7. The van der Waals surface area contributed by atoms with Crippen LogP contribution in [-0.4, -0.2) is 44.8 Å². The number of hydrogen-bond acceptors (Lipinski definition) is 4. The molecule has 3 rings (SSSR count). The number of hydrogen-bond donors (Lipinski definition) is 1. The molecule has 2 fully saturated rings. The Bertz CT molecular complexity index is 498. The second-order valence-electron chi connectivity index (χ2n) is 6.66. The van der Waals surface area contributed by atoms with E-state index in [9.17, 15) is 0 Å². The number of likely N-dealkylation sites (tertiary alicyclic amines) is 1. The number of rotatable bonds is 5. The van der Waals surface area contributed by atoms with E-state index in [1.807, 2.05) is 13.0 Å². The molecule has 1 N–H and O–H groups in total. The number of piperidine rings is 1.